The van der Waals surface area contributed by atoms with Crippen LogP contribution in [0.15, 0.2) is 158 Å². The van der Waals surface area contributed by atoms with Gasteiger partial charge in [0.2, 0.25) is 0 Å². The number of fused-ring (bicyclic) bond motifs is 4. The van der Waals surface area contributed by atoms with E-state index in [-0.39, 0.29) is 5.41 Å². The number of rotatable bonds is 5. The Bertz CT molecular complexity index is 2090. The van der Waals surface area contributed by atoms with Crippen LogP contribution < -0.4 is 4.90 Å². The van der Waals surface area contributed by atoms with Crippen molar-refractivity contribution >= 4 is 28.0 Å². The van der Waals surface area contributed by atoms with Gasteiger partial charge in [-0.05, 0) is 82.4 Å². The Morgan fingerprint density at radius 1 is 0.455 bits per heavy atom. The molecule has 0 bridgehead atoms. The molecule has 0 radical (unpaired) electrons. The van der Waals surface area contributed by atoms with Gasteiger partial charge >= 0.3 is 0 Å². The summed E-state index contributed by atoms with van der Waals surface area (Å²) in [4.78, 5) is 7.58. The third-order valence-electron chi connectivity index (χ3n) is 9.03. The van der Waals surface area contributed by atoms with Gasteiger partial charge in [0.1, 0.15) is 0 Å². The Morgan fingerprint density at radius 3 is 1.80 bits per heavy atom. The lowest BCUT2D eigenvalue weighted by atomic mass is 9.81. The first-order chi connectivity index (χ1) is 21.6. The molecule has 1 aromatic heterocycles. The number of para-hydroxylation sites is 3. The predicted octanol–water partition coefficient (Wildman–Crippen LogP) is 11.3. The highest BCUT2D eigenvalue weighted by atomic mass is 15.1. The predicted molar refractivity (Wildman–Crippen MR) is 185 cm³/mol. The number of hydrogen-bond acceptors (Lipinski definition) is 2. The second kappa shape index (κ2) is 10.4. The van der Waals surface area contributed by atoms with Crippen molar-refractivity contribution in [2.45, 2.75) is 19.3 Å². The molecule has 2 nitrogen and oxygen atoms in total. The van der Waals surface area contributed by atoms with Crippen LogP contribution in [0.1, 0.15) is 25.0 Å². The van der Waals surface area contributed by atoms with Crippen LogP contribution in [0.4, 0.5) is 17.1 Å². The Morgan fingerprint density at radius 2 is 1.09 bits per heavy atom. The molecular weight excluding hydrogens is 532 g/mol. The molecule has 0 fully saturated rings. The molecule has 0 spiro atoms. The van der Waals surface area contributed by atoms with Gasteiger partial charge in [0, 0.05) is 39.0 Å². The zero-order valence-electron chi connectivity index (χ0n) is 24.9. The maximum Gasteiger partial charge on any atom is 0.0788 e. The number of benzene rings is 6. The van der Waals surface area contributed by atoms with E-state index < -0.39 is 0 Å². The lowest BCUT2D eigenvalue weighted by Gasteiger charge is -2.27. The molecule has 44 heavy (non-hydrogen) atoms. The Balaban J connectivity index is 1.28. The van der Waals surface area contributed by atoms with Gasteiger partial charge in [-0.3, -0.25) is 0 Å². The number of pyridine rings is 1. The molecule has 1 aliphatic rings. The van der Waals surface area contributed by atoms with E-state index in [2.05, 4.69) is 176 Å². The van der Waals surface area contributed by atoms with Gasteiger partial charge in [0.05, 0.1) is 11.2 Å². The van der Waals surface area contributed by atoms with Crippen molar-refractivity contribution in [3.8, 4) is 33.5 Å². The molecule has 6 aromatic carbocycles. The van der Waals surface area contributed by atoms with Crippen LogP contribution in [0.5, 0.6) is 0 Å². The average molecular weight is 565 g/mol. The van der Waals surface area contributed by atoms with Crippen molar-refractivity contribution in [3.05, 3.63) is 169 Å². The van der Waals surface area contributed by atoms with Crippen molar-refractivity contribution < 1.29 is 0 Å². The molecule has 2 heteroatoms. The van der Waals surface area contributed by atoms with E-state index in [0.29, 0.717) is 0 Å². The second-order valence-electron chi connectivity index (χ2n) is 12.1. The number of anilines is 3. The van der Waals surface area contributed by atoms with Crippen molar-refractivity contribution in [3.63, 3.8) is 0 Å². The quantitative estimate of drug-likeness (QED) is 0.207. The van der Waals surface area contributed by atoms with Crippen LogP contribution in [0.3, 0.4) is 0 Å². The molecule has 0 amide bonds. The molecule has 1 aliphatic carbocycles. The third-order valence-corrected chi connectivity index (χ3v) is 9.03. The van der Waals surface area contributed by atoms with E-state index in [1.54, 1.807) is 0 Å². The van der Waals surface area contributed by atoms with Crippen LogP contribution in [0.25, 0.3) is 44.4 Å². The Kier molecular flexibility index (Phi) is 6.16. The van der Waals surface area contributed by atoms with Gasteiger partial charge in [-0.25, -0.2) is 4.98 Å². The topological polar surface area (TPSA) is 16.1 Å². The van der Waals surface area contributed by atoms with E-state index in [9.17, 15) is 0 Å². The SMILES string of the molecule is CC1(C)c2ccc(N(c3ccccc3)c3ccccc3)cc2-c2ccc(-c3nc4ccccc4cc3-c3ccccc3)cc21. The monoisotopic (exact) mass is 564 g/mol. The molecule has 0 aliphatic heterocycles. The van der Waals surface area contributed by atoms with Crippen LogP contribution in [-0.2, 0) is 5.41 Å². The summed E-state index contributed by atoms with van der Waals surface area (Å²) in [7, 11) is 0. The number of hydrogen-bond donors (Lipinski definition) is 0. The van der Waals surface area contributed by atoms with Crippen molar-refractivity contribution in [1.29, 1.82) is 0 Å². The van der Waals surface area contributed by atoms with Gasteiger partial charge in [-0.2, -0.15) is 0 Å². The van der Waals surface area contributed by atoms with Gasteiger partial charge in [-0.1, -0.05) is 117 Å². The van der Waals surface area contributed by atoms with E-state index in [1.165, 1.54) is 27.8 Å². The highest BCUT2D eigenvalue weighted by Gasteiger charge is 2.36. The summed E-state index contributed by atoms with van der Waals surface area (Å²) in [6, 6.07) is 56.4. The maximum atomic E-state index is 5.24. The molecule has 1 heterocycles. The second-order valence-corrected chi connectivity index (χ2v) is 12.1. The molecule has 0 atom stereocenters. The smallest absolute Gasteiger partial charge is 0.0788 e. The maximum absolute atomic E-state index is 5.24. The molecule has 210 valence electrons. The highest BCUT2D eigenvalue weighted by Crippen LogP contribution is 2.52. The van der Waals surface area contributed by atoms with Crippen molar-refractivity contribution in [2.24, 2.45) is 0 Å². The summed E-state index contributed by atoms with van der Waals surface area (Å²) in [6.45, 7) is 4.69. The summed E-state index contributed by atoms with van der Waals surface area (Å²) >= 11 is 0. The summed E-state index contributed by atoms with van der Waals surface area (Å²) in [5, 5.41) is 1.15. The van der Waals surface area contributed by atoms with Crippen molar-refractivity contribution in [2.75, 3.05) is 4.90 Å². The van der Waals surface area contributed by atoms with E-state index in [1.807, 2.05) is 0 Å². The number of nitrogens with zero attached hydrogens (tertiary/aromatic N) is 2. The van der Waals surface area contributed by atoms with Crippen LogP contribution in [0, 0.1) is 0 Å². The molecule has 0 N–H and O–H groups in total. The van der Waals surface area contributed by atoms with Crippen LogP contribution >= 0.6 is 0 Å². The molecule has 0 saturated heterocycles. The fraction of sp³-hybridized carbons (Fsp3) is 0.0714. The largest absolute Gasteiger partial charge is 0.310 e. The fourth-order valence-corrected chi connectivity index (χ4v) is 6.80. The lowest BCUT2D eigenvalue weighted by molar-refractivity contribution is 0.660. The third kappa shape index (κ3) is 4.30. The molecule has 0 saturated carbocycles. The minimum atomic E-state index is -0.146. The molecule has 0 unspecified atom stereocenters. The highest BCUT2D eigenvalue weighted by molar-refractivity contribution is 5.93. The van der Waals surface area contributed by atoms with E-state index in [0.717, 1.165) is 44.8 Å². The van der Waals surface area contributed by atoms with Gasteiger partial charge in [0.15, 0.2) is 0 Å². The molecule has 8 rings (SSSR count). The van der Waals surface area contributed by atoms with Crippen molar-refractivity contribution in [1.82, 2.24) is 4.98 Å². The summed E-state index contributed by atoms with van der Waals surface area (Å²) in [5.41, 5.74) is 14.1. The first-order valence-corrected chi connectivity index (χ1v) is 15.2. The standard InChI is InChI=1S/C42H32N2/c1-42(2)38-25-23-34(44(32-17-8-4-9-18-32)33-19-10-5-11-20-33)28-37(38)35-24-22-31(27-39(35)42)41-36(29-14-6-3-7-15-29)26-30-16-12-13-21-40(30)43-41/h3-28H,1-2H3. The summed E-state index contributed by atoms with van der Waals surface area (Å²) in [5.74, 6) is 0. The molecular formula is C42H32N2. The fourth-order valence-electron chi connectivity index (χ4n) is 6.80. The Labute approximate surface area is 258 Å². The normalized spacial score (nSPS) is 13.0. The first kappa shape index (κ1) is 26.2. The molecule has 7 aromatic rings. The summed E-state index contributed by atoms with van der Waals surface area (Å²) < 4.78 is 0. The first-order valence-electron chi connectivity index (χ1n) is 15.2. The minimum Gasteiger partial charge on any atom is -0.310 e. The zero-order valence-corrected chi connectivity index (χ0v) is 24.9. The lowest BCUT2D eigenvalue weighted by Crippen LogP contribution is -2.15. The van der Waals surface area contributed by atoms with E-state index >= 15 is 0 Å². The Hall–Kier alpha value is -5.47. The zero-order chi connectivity index (χ0) is 29.7. The van der Waals surface area contributed by atoms with Gasteiger partial charge in [0.25, 0.3) is 0 Å². The van der Waals surface area contributed by atoms with Gasteiger partial charge < -0.3 is 4.90 Å². The van der Waals surface area contributed by atoms with Crippen LogP contribution in [0.2, 0.25) is 0 Å². The van der Waals surface area contributed by atoms with E-state index in [4.69, 9.17) is 4.98 Å². The average Bonchev–Trinajstić information content (AvgIpc) is 3.31. The minimum absolute atomic E-state index is 0.146. The summed E-state index contributed by atoms with van der Waals surface area (Å²) in [6.07, 6.45) is 0. The van der Waals surface area contributed by atoms with Gasteiger partial charge in [-0.15, -0.1) is 0 Å². The number of aromatic nitrogens is 1. The van der Waals surface area contributed by atoms with Crippen LogP contribution in [-0.4, -0.2) is 4.98 Å².